The lowest BCUT2D eigenvalue weighted by atomic mass is 9.76. The van der Waals surface area contributed by atoms with Crippen molar-refractivity contribution >= 4 is 8.80 Å². The van der Waals surface area contributed by atoms with E-state index in [9.17, 15) is 22.0 Å². The first kappa shape index (κ1) is 25.5. The molecule has 0 spiro atoms. The number of halogens is 5. The molecule has 182 valence electrons. The van der Waals surface area contributed by atoms with Gasteiger partial charge in [0.2, 0.25) is 0 Å². The zero-order chi connectivity index (χ0) is 22.9. The molecular formula is C25H37F5OSi. The molecule has 3 rings (SSSR count). The van der Waals surface area contributed by atoms with Crippen LogP contribution in [0.15, 0.2) is 12.1 Å². The maximum Gasteiger partial charge on any atom is 0.272 e. The minimum Gasteiger partial charge on any atom is -0.482 e. The van der Waals surface area contributed by atoms with Crippen molar-refractivity contribution in [1.82, 2.24) is 0 Å². The molecule has 1 nitrogen and oxygen atoms in total. The monoisotopic (exact) mass is 476 g/mol. The van der Waals surface area contributed by atoms with Crippen molar-refractivity contribution in [3.05, 3.63) is 29.3 Å². The van der Waals surface area contributed by atoms with Crippen LogP contribution in [0, 0.1) is 23.5 Å². The Kier molecular flexibility index (Phi) is 10.3. The Balaban J connectivity index is 1.38. The molecule has 1 aromatic rings. The highest BCUT2D eigenvalue weighted by atomic mass is 28.3. The molecule has 0 amide bonds. The summed E-state index contributed by atoms with van der Waals surface area (Å²) in [6.07, 6.45) is 8.29. The van der Waals surface area contributed by atoms with Gasteiger partial charge in [0, 0.05) is 8.80 Å². The van der Waals surface area contributed by atoms with Crippen molar-refractivity contribution in [1.29, 1.82) is 0 Å². The minimum absolute atomic E-state index is 0.116. The average Bonchev–Trinajstić information content (AvgIpc) is 2.78. The van der Waals surface area contributed by atoms with Crippen molar-refractivity contribution < 1.29 is 26.7 Å². The lowest BCUT2D eigenvalue weighted by molar-refractivity contribution is 0.0777. The fourth-order valence-electron chi connectivity index (χ4n) is 5.69. The van der Waals surface area contributed by atoms with Crippen LogP contribution in [0.4, 0.5) is 22.0 Å². The van der Waals surface area contributed by atoms with E-state index in [0.29, 0.717) is 11.5 Å². The molecule has 0 atom stereocenters. The van der Waals surface area contributed by atoms with Crippen molar-refractivity contribution in [3.8, 4) is 5.75 Å². The van der Waals surface area contributed by atoms with Crippen molar-refractivity contribution in [2.75, 3.05) is 13.3 Å². The first-order valence-electron chi connectivity index (χ1n) is 12.4. The summed E-state index contributed by atoms with van der Waals surface area (Å²) in [7, 11) is -0.595. The zero-order valence-electron chi connectivity index (χ0n) is 18.9. The molecule has 1 aliphatic carbocycles. The van der Waals surface area contributed by atoms with E-state index in [4.69, 9.17) is 0 Å². The smallest absolute Gasteiger partial charge is 0.272 e. The first-order chi connectivity index (χ1) is 15.5. The van der Waals surface area contributed by atoms with Crippen LogP contribution in [0.1, 0.15) is 75.7 Å². The Morgan fingerprint density at radius 1 is 0.875 bits per heavy atom. The highest BCUT2D eigenvalue weighted by Gasteiger charge is 2.27. The number of rotatable bonds is 11. The van der Waals surface area contributed by atoms with Crippen molar-refractivity contribution in [3.63, 3.8) is 0 Å². The van der Waals surface area contributed by atoms with E-state index in [-0.39, 0.29) is 12.6 Å². The molecule has 2 fully saturated rings. The zero-order valence-corrected chi connectivity index (χ0v) is 20.1. The second kappa shape index (κ2) is 12.9. The van der Waals surface area contributed by atoms with Gasteiger partial charge < -0.3 is 4.74 Å². The van der Waals surface area contributed by atoms with Gasteiger partial charge in [-0.1, -0.05) is 50.2 Å². The summed E-state index contributed by atoms with van der Waals surface area (Å²) in [4.78, 5) is 0. The summed E-state index contributed by atoms with van der Waals surface area (Å²) < 4.78 is 69.8. The third-order valence-corrected chi connectivity index (χ3v) is 11.2. The summed E-state index contributed by atoms with van der Waals surface area (Å²) in [5.74, 6) is -0.845. The van der Waals surface area contributed by atoms with Crippen LogP contribution < -0.4 is 4.74 Å². The van der Waals surface area contributed by atoms with Gasteiger partial charge in [-0.05, 0) is 67.6 Å². The minimum atomic E-state index is -2.77. The van der Waals surface area contributed by atoms with Gasteiger partial charge in [0.15, 0.2) is 17.4 Å². The maximum atomic E-state index is 14.2. The van der Waals surface area contributed by atoms with E-state index in [0.717, 1.165) is 44.4 Å². The van der Waals surface area contributed by atoms with Crippen LogP contribution in [0.3, 0.4) is 0 Å². The fraction of sp³-hybridized carbons (Fsp3) is 0.760. The molecule has 1 saturated heterocycles. The predicted octanol–water partition coefficient (Wildman–Crippen LogP) is 8.05. The molecule has 7 heteroatoms. The highest BCUT2D eigenvalue weighted by Crippen LogP contribution is 2.41. The number of hydrogen-bond acceptors (Lipinski definition) is 1. The number of hydrogen-bond donors (Lipinski definition) is 0. The van der Waals surface area contributed by atoms with E-state index >= 15 is 0 Å². The Labute approximate surface area is 190 Å². The molecule has 2 aliphatic rings. The Bertz CT molecular complexity index is 662. The van der Waals surface area contributed by atoms with Crippen LogP contribution in [0.5, 0.6) is 5.75 Å². The molecule has 0 bridgehead atoms. The van der Waals surface area contributed by atoms with Gasteiger partial charge in [-0.3, -0.25) is 4.39 Å². The van der Waals surface area contributed by atoms with Crippen molar-refractivity contribution in [2.24, 2.45) is 11.8 Å². The van der Waals surface area contributed by atoms with E-state index < -0.39 is 39.2 Å². The second-order valence-electron chi connectivity index (χ2n) is 9.88. The van der Waals surface area contributed by atoms with Crippen LogP contribution in [-0.4, -0.2) is 28.5 Å². The summed E-state index contributed by atoms with van der Waals surface area (Å²) in [5, 5.41) is 0. The van der Waals surface area contributed by atoms with E-state index in [1.165, 1.54) is 55.9 Å². The van der Waals surface area contributed by atoms with E-state index in [1.807, 2.05) is 0 Å². The molecule has 1 heterocycles. The van der Waals surface area contributed by atoms with Gasteiger partial charge in [0.1, 0.15) is 6.61 Å². The summed E-state index contributed by atoms with van der Waals surface area (Å²) in [6.45, 7) is -1.18. The van der Waals surface area contributed by atoms with Gasteiger partial charge in [-0.25, -0.2) is 17.6 Å². The van der Waals surface area contributed by atoms with Gasteiger partial charge in [-0.2, -0.15) is 0 Å². The molecule has 32 heavy (non-hydrogen) atoms. The van der Waals surface area contributed by atoms with E-state index in [2.05, 4.69) is 4.74 Å². The maximum absolute atomic E-state index is 14.2. The van der Waals surface area contributed by atoms with Gasteiger partial charge in [-0.15, -0.1) is 0 Å². The molecule has 1 saturated carbocycles. The average molecular weight is 477 g/mol. The third kappa shape index (κ3) is 7.74. The SMILES string of the molecule is FCCCC[SiH]1CCC(CCC2CCC(c3cc(F)c(OCC(F)F)c(F)c3)CC2)CC1. The summed E-state index contributed by atoms with van der Waals surface area (Å²) >= 11 is 0. The van der Waals surface area contributed by atoms with Crippen LogP contribution in [0.2, 0.25) is 18.1 Å². The van der Waals surface area contributed by atoms with Crippen LogP contribution in [0.25, 0.3) is 0 Å². The predicted molar refractivity (Wildman–Crippen MR) is 121 cm³/mol. The number of unbranched alkanes of at least 4 members (excludes halogenated alkanes) is 1. The lowest BCUT2D eigenvalue weighted by Crippen LogP contribution is -2.22. The topological polar surface area (TPSA) is 9.23 Å². The highest BCUT2D eigenvalue weighted by molar-refractivity contribution is 6.58. The second-order valence-corrected chi connectivity index (χ2v) is 13.3. The number of ether oxygens (including phenoxy) is 1. The molecule has 1 aromatic carbocycles. The third-order valence-electron chi connectivity index (χ3n) is 7.64. The Morgan fingerprint density at radius 3 is 2.03 bits per heavy atom. The van der Waals surface area contributed by atoms with Gasteiger partial charge in [0.05, 0.1) is 6.67 Å². The van der Waals surface area contributed by atoms with Crippen molar-refractivity contribution in [2.45, 2.75) is 94.7 Å². The van der Waals surface area contributed by atoms with Crippen LogP contribution >= 0.6 is 0 Å². The molecule has 0 unspecified atom stereocenters. The van der Waals surface area contributed by atoms with Gasteiger partial charge in [0.25, 0.3) is 6.43 Å². The lowest BCUT2D eigenvalue weighted by Gasteiger charge is -2.32. The fourth-order valence-corrected chi connectivity index (χ4v) is 9.31. The number of alkyl halides is 3. The first-order valence-corrected chi connectivity index (χ1v) is 14.9. The quantitative estimate of drug-likeness (QED) is 0.178. The molecular weight excluding hydrogens is 439 g/mol. The van der Waals surface area contributed by atoms with Gasteiger partial charge >= 0.3 is 0 Å². The molecule has 0 radical (unpaired) electrons. The Morgan fingerprint density at radius 2 is 1.47 bits per heavy atom. The van der Waals surface area contributed by atoms with E-state index in [1.54, 1.807) is 0 Å². The normalized spacial score (nSPS) is 26.4. The Hall–Kier alpha value is -1.11. The molecule has 0 aromatic heterocycles. The molecule has 1 aliphatic heterocycles. The van der Waals surface area contributed by atoms with Crippen LogP contribution in [-0.2, 0) is 0 Å². The standard InChI is InChI=1S/C25H37F5OSi/c26-11-1-2-12-32-13-9-19(10-14-32)4-3-18-5-7-20(8-6-18)21-15-22(27)25(23(28)16-21)31-17-24(29)30/h15-16,18-20,24,32H,1-14,17H2. The summed E-state index contributed by atoms with van der Waals surface area (Å²) in [6, 6.07) is 6.69. The largest absolute Gasteiger partial charge is 0.482 e. The number of benzene rings is 1. The molecule has 0 N–H and O–H groups in total. The summed E-state index contributed by atoms with van der Waals surface area (Å²) in [5.41, 5.74) is 0.610.